The van der Waals surface area contributed by atoms with E-state index in [0.29, 0.717) is 22.7 Å². The molecular formula is C18H19N3O4. The van der Waals surface area contributed by atoms with Crippen molar-refractivity contribution >= 4 is 17.6 Å². The maximum atomic E-state index is 12.4. The Morgan fingerprint density at radius 3 is 2.60 bits per heavy atom. The molecule has 7 heteroatoms. The van der Waals surface area contributed by atoms with Crippen LogP contribution >= 0.6 is 0 Å². The van der Waals surface area contributed by atoms with Gasteiger partial charge in [-0.2, -0.15) is 5.26 Å². The number of hydrogen-bond acceptors (Lipinski definition) is 6. The van der Waals surface area contributed by atoms with Gasteiger partial charge in [-0.15, -0.1) is 0 Å². The number of rotatable bonds is 5. The van der Waals surface area contributed by atoms with Crippen molar-refractivity contribution in [2.45, 2.75) is 39.7 Å². The molecule has 0 saturated carbocycles. The molecule has 0 spiro atoms. The number of carbonyl (C=O) groups excluding carboxylic acids is 2. The average molecular weight is 341 g/mol. The summed E-state index contributed by atoms with van der Waals surface area (Å²) in [6.07, 6.45) is -1.05. The predicted octanol–water partition coefficient (Wildman–Crippen LogP) is 3.16. The summed E-state index contributed by atoms with van der Waals surface area (Å²) in [4.78, 5) is 24.6. The van der Waals surface area contributed by atoms with Crippen molar-refractivity contribution in [3.8, 4) is 6.07 Å². The highest BCUT2D eigenvalue weighted by molar-refractivity contribution is 5.98. The van der Waals surface area contributed by atoms with Crippen LogP contribution in [0.4, 0.5) is 5.69 Å². The average Bonchev–Trinajstić information content (AvgIpc) is 2.97. The molecule has 25 heavy (non-hydrogen) atoms. The van der Waals surface area contributed by atoms with E-state index in [1.165, 1.54) is 6.92 Å². The first-order chi connectivity index (χ1) is 11.8. The van der Waals surface area contributed by atoms with E-state index in [2.05, 4.69) is 10.5 Å². The summed E-state index contributed by atoms with van der Waals surface area (Å²) >= 11 is 0. The van der Waals surface area contributed by atoms with Gasteiger partial charge in [-0.3, -0.25) is 4.79 Å². The molecule has 1 atom stereocenters. The Hall–Kier alpha value is -3.14. The van der Waals surface area contributed by atoms with E-state index in [4.69, 9.17) is 14.5 Å². The zero-order chi connectivity index (χ0) is 18.6. The zero-order valence-electron chi connectivity index (χ0n) is 14.5. The van der Waals surface area contributed by atoms with Crippen LogP contribution in [0.1, 0.15) is 54.1 Å². The standard InChI is InChI=1S/C18H19N3O4/c1-10(2)16-15(11(3)21-25-16)18(23)24-12(4)17(22)20-14-8-6-5-7-13(14)9-19/h5-8,10,12H,1-4H3,(H,20,22)/t12-/m0/s1. The maximum absolute atomic E-state index is 12.4. The molecule has 0 fully saturated rings. The number of para-hydroxylation sites is 1. The first-order valence-corrected chi connectivity index (χ1v) is 7.82. The third kappa shape index (κ3) is 4.04. The molecule has 0 aliphatic carbocycles. The van der Waals surface area contributed by atoms with Gasteiger partial charge in [0.05, 0.1) is 16.9 Å². The fourth-order valence-corrected chi connectivity index (χ4v) is 2.23. The fraction of sp³-hybridized carbons (Fsp3) is 0.333. The van der Waals surface area contributed by atoms with Gasteiger partial charge < -0.3 is 14.6 Å². The number of hydrogen-bond donors (Lipinski definition) is 1. The van der Waals surface area contributed by atoms with Crippen LogP contribution in [-0.4, -0.2) is 23.1 Å². The highest BCUT2D eigenvalue weighted by atomic mass is 16.5. The van der Waals surface area contributed by atoms with Gasteiger partial charge in [0.1, 0.15) is 11.6 Å². The molecule has 1 aromatic heterocycles. The Balaban J connectivity index is 2.10. The van der Waals surface area contributed by atoms with Crippen molar-refractivity contribution in [3.63, 3.8) is 0 Å². The fourth-order valence-electron chi connectivity index (χ4n) is 2.23. The van der Waals surface area contributed by atoms with Gasteiger partial charge in [-0.05, 0) is 26.0 Å². The highest BCUT2D eigenvalue weighted by Gasteiger charge is 2.27. The predicted molar refractivity (Wildman–Crippen MR) is 90.0 cm³/mol. The number of carbonyl (C=O) groups is 2. The van der Waals surface area contributed by atoms with Crippen LogP contribution in [-0.2, 0) is 9.53 Å². The SMILES string of the molecule is Cc1noc(C(C)C)c1C(=O)O[C@@H](C)C(=O)Nc1ccccc1C#N. The molecule has 0 unspecified atom stereocenters. The van der Waals surface area contributed by atoms with Crippen molar-refractivity contribution < 1.29 is 18.8 Å². The van der Waals surface area contributed by atoms with E-state index in [1.54, 1.807) is 31.2 Å². The van der Waals surface area contributed by atoms with Crippen molar-refractivity contribution in [2.24, 2.45) is 0 Å². The smallest absolute Gasteiger partial charge is 0.344 e. The molecule has 0 bridgehead atoms. The van der Waals surface area contributed by atoms with Crippen LogP contribution in [0.5, 0.6) is 0 Å². The second kappa shape index (κ2) is 7.62. The molecule has 0 aliphatic rings. The first-order valence-electron chi connectivity index (χ1n) is 7.82. The number of esters is 1. The second-order valence-electron chi connectivity index (χ2n) is 5.86. The number of aromatic nitrogens is 1. The number of anilines is 1. The van der Waals surface area contributed by atoms with E-state index in [0.717, 1.165) is 0 Å². The minimum absolute atomic E-state index is 0.0459. The summed E-state index contributed by atoms with van der Waals surface area (Å²) in [7, 11) is 0. The molecule has 1 N–H and O–H groups in total. The topological polar surface area (TPSA) is 105 Å². The summed E-state index contributed by atoms with van der Waals surface area (Å²) < 4.78 is 10.4. The third-order valence-corrected chi connectivity index (χ3v) is 3.58. The minimum Gasteiger partial charge on any atom is -0.449 e. The monoisotopic (exact) mass is 341 g/mol. The van der Waals surface area contributed by atoms with E-state index >= 15 is 0 Å². The maximum Gasteiger partial charge on any atom is 0.344 e. The minimum atomic E-state index is -1.05. The first kappa shape index (κ1) is 18.2. The third-order valence-electron chi connectivity index (χ3n) is 3.58. The zero-order valence-corrected chi connectivity index (χ0v) is 14.5. The molecule has 1 heterocycles. The van der Waals surface area contributed by atoms with Gasteiger partial charge in [0, 0.05) is 5.92 Å². The Bertz CT molecular complexity index is 833. The number of nitrogens with zero attached hydrogens (tertiary/aromatic N) is 2. The molecule has 2 rings (SSSR count). The lowest BCUT2D eigenvalue weighted by Gasteiger charge is -2.14. The molecule has 0 saturated heterocycles. The lowest BCUT2D eigenvalue weighted by Crippen LogP contribution is -2.30. The molecule has 0 radical (unpaired) electrons. The Kier molecular flexibility index (Phi) is 5.55. The summed E-state index contributed by atoms with van der Waals surface area (Å²) in [6.45, 7) is 6.83. The van der Waals surface area contributed by atoms with Gasteiger partial charge in [-0.1, -0.05) is 31.1 Å². The van der Waals surface area contributed by atoms with Gasteiger partial charge >= 0.3 is 5.97 Å². The summed E-state index contributed by atoms with van der Waals surface area (Å²) in [5, 5.41) is 15.4. The van der Waals surface area contributed by atoms with Crippen molar-refractivity contribution in [1.29, 1.82) is 5.26 Å². The van der Waals surface area contributed by atoms with Crippen LogP contribution in [0.15, 0.2) is 28.8 Å². The summed E-state index contributed by atoms with van der Waals surface area (Å²) in [5.41, 5.74) is 1.34. The summed E-state index contributed by atoms with van der Waals surface area (Å²) in [5.74, 6) is -0.824. The van der Waals surface area contributed by atoms with E-state index in [1.807, 2.05) is 19.9 Å². The quantitative estimate of drug-likeness (QED) is 0.837. The second-order valence-corrected chi connectivity index (χ2v) is 5.86. The van der Waals surface area contributed by atoms with Crippen LogP contribution in [0.2, 0.25) is 0 Å². The number of amides is 1. The van der Waals surface area contributed by atoms with Crippen molar-refractivity contribution in [3.05, 3.63) is 46.8 Å². The molecule has 130 valence electrons. The number of ether oxygens (including phenoxy) is 1. The summed E-state index contributed by atoms with van der Waals surface area (Å²) in [6, 6.07) is 8.57. The molecule has 1 aromatic carbocycles. The van der Waals surface area contributed by atoms with Crippen LogP contribution in [0.25, 0.3) is 0 Å². The largest absolute Gasteiger partial charge is 0.449 e. The number of aryl methyl sites for hydroxylation is 1. The van der Waals surface area contributed by atoms with Gasteiger partial charge in [0.2, 0.25) is 0 Å². The number of benzene rings is 1. The molecule has 7 nitrogen and oxygen atoms in total. The van der Waals surface area contributed by atoms with Crippen LogP contribution in [0, 0.1) is 18.3 Å². The van der Waals surface area contributed by atoms with Gasteiger partial charge in [-0.25, -0.2) is 4.79 Å². The van der Waals surface area contributed by atoms with Crippen LogP contribution < -0.4 is 5.32 Å². The molecule has 2 aromatic rings. The Morgan fingerprint density at radius 1 is 1.28 bits per heavy atom. The lowest BCUT2D eigenvalue weighted by atomic mass is 10.1. The van der Waals surface area contributed by atoms with Crippen molar-refractivity contribution in [2.75, 3.05) is 5.32 Å². The van der Waals surface area contributed by atoms with E-state index in [9.17, 15) is 9.59 Å². The molecule has 0 aliphatic heterocycles. The van der Waals surface area contributed by atoms with Crippen LogP contribution in [0.3, 0.4) is 0 Å². The normalized spacial score (nSPS) is 11.7. The van der Waals surface area contributed by atoms with Gasteiger partial charge in [0.15, 0.2) is 11.9 Å². The Labute approximate surface area is 145 Å². The van der Waals surface area contributed by atoms with E-state index < -0.39 is 18.0 Å². The van der Waals surface area contributed by atoms with Gasteiger partial charge in [0.25, 0.3) is 5.91 Å². The Morgan fingerprint density at radius 2 is 1.96 bits per heavy atom. The van der Waals surface area contributed by atoms with Crippen molar-refractivity contribution in [1.82, 2.24) is 5.16 Å². The highest BCUT2D eigenvalue weighted by Crippen LogP contribution is 2.23. The number of nitriles is 1. The lowest BCUT2D eigenvalue weighted by molar-refractivity contribution is -0.123. The van der Waals surface area contributed by atoms with E-state index in [-0.39, 0.29) is 11.5 Å². The molecule has 1 amide bonds. The number of nitrogens with one attached hydrogen (secondary N) is 1. The molecular weight excluding hydrogens is 322 g/mol.